The van der Waals surface area contributed by atoms with Gasteiger partial charge in [0.15, 0.2) is 5.82 Å². The Labute approximate surface area is 138 Å². The fraction of sp³-hybridized carbons (Fsp3) is 0.375. The quantitative estimate of drug-likeness (QED) is 0.737. The maximum Gasteiger partial charge on any atom is 0.242 e. The van der Waals surface area contributed by atoms with Crippen molar-refractivity contribution in [3.63, 3.8) is 0 Å². The van der Waals surface area contributed by atoms with Gasteiger partial charge in [0.25, 0.3) is 0 Å². The second kappa shape index (κ2) is 6.31. The molecule has 3 aromatic rings. The van der Waals surface area contributed by atoms with E-state index >= 15 is 0 Å². The van der Waals surface area contributed by atoms with E-state index < -0.39 is 0 Å². The van der Waals surface area contributed by atoms with Crippen LogP contribution in [0.3, 0.4) is 0 Å². The first-order chi connectivity index (χ1) is 11.8. The van der Waals surface area contributed by atoms with E-state index in [1.54, 1.807) is 23.4 Å². The van der Waals surface area contributed by atoms with E-state index in [1.807, 2.05) is 23.4 Å². The molecule has 1 amide bonds. The first-order valence-electron chi connectivity index (χ1n) is 8.08. The number of imidazole rings is 1. The second-order valence-electron chi connectivity index (χ2n) is 5.96. The molecule has 1 aliphatic heterocycles. The maximum absolute atomic E-state index is 12.5. The van der Waals surface area contributed by atoms with E-state index in [4.69, 9.17) is 0 Å². The van der Waals surface area contributed by atoms with Crippen molar-refractivity contribution in [2.45, 2.75) is 25.4 Å². The SMILES string of the molecule is O=C(Cn1ccnc1)N1CCCC1CNc1ncnc2cc[nH]c12. The molecule has 1 saturated heterocycles. The van der Waals surface area contributed by atoms with Crippen molar-refractivity contribution in [2.75, 3.05) is 18.4 Å². The summed E-state index contributed by atoms with van der Waals surface area (Å²) in [6.45, 7) is 1.83. The van der Waals surface area contributed by atoms with Gasteiger partial charge in [0.1, 0.15) is 18.4 Å². The zero-order valence-electron chi connectivity index (χ0n) is 13.2. The van der Waals surface area contributed by atoms with Crippen molar-refractivity contribution in [3.8, 4) is 0 Å². The molecule has 1 aliphatic rings. The van der Waals surface area contributed by atoms with Crippen molar-refractivity contribution in [1.82, 2.24) is 29.4 Å². The summed E-state index contributed by atoms with van der Waals surface area (Å²) in [4.78, 5) is 30.1. The van der Waals surface area contributed by atoms with E-state index in [0.717, 1.165) is 36.2 Å². The predicted molar refractivity (Wildman–Crippen MR) is 89.3 cm³/mol. The molecular formula is C16H19N7O. The summed E-state index contributed by atoms with van der Waals surface area (Å²) in [5, 5.41) is 3.36. The van der Waals surface area contributed by atoms with Crippen LogP contribution in [-0.4, -0.2) is 54.4 Å². The Balaban J connectivity index is 1.42. The van der Waals surface area contributed by atoms with Gasteiger partial charge in [0, 0.05) is 37.7 Å². The van der Waals surface area contributed by atoms with Crippen LogP contribution in [0.25, 0.3) is 11.0 Å². The van der Waals surface area contributed by atoms with Gasteiger partial charge in [-0.15, -0.1) is 0 Å². The van der Waals surface area contributed by atoms with Gasteiger partial charge in [-0.25, -0.2) is 15.0 Å². The zero-order valence-corrected chi connectivity index (χ0v) is 13.2. The number of nitrogens with zero attached hydrogens (tertiary/aromatic N) is 5. The molecule has 24 heavy (non-hydrogen) atoms. The molecule has 8 nitrogen and oxygen atoms in total. The molecule has 1 unspecified atom stereocenters. The molecule has 124 valence electrons. The van der Waals surface area contributed by atoms with Crippen LogP contribution >= 0.6 is 0 Å². The third kappa shape index (κ3) is 2.82. The molecule has 2 N–H and O–H groups in total. The Kier molecular flexibility index (Phi) is 3.86. The highest BCUT2D eigenvalue weighted by molar-refractivity contribution is 5.85. The molecule has 0 aromatic carbocycles. The van der Waals surface area contributed by atoms with Gasteiger partial charge in [-0.1, -0.05) is 0 Å². The molecule has 4 heterocycles. The van der Waals surface area contributed by atoms with E-state index in [0.29, 0.717) is 13.1 Å². The van der Waals surface area contributed by atoms with Gasteiger partial charge >= 0.3 is 0 Å². The lowest BCUT2D eigenvalue weighted by atomic mass is 10.2. The van der Waals surface area contributed by atoms with Crippen LogP contribution in [0.15, 0.2) is 37.3 Å². The number of amides is 1. The van der Waals surface area contributed by atoms with Crippen LogP contribution < -0.4 is 5.32 Å². The summed E-state index contributed by atoms with van der Waals surface area (Å²) in [7, 11) is 0. The lowest BCUT2D eigenvalue weighted by Crippen LogP contribution is -2.41. The smallest absolute Gasteiger partial charge is 0.242 e. The van der Waals surface area contributed by atoms with Gasteiger partial charge in [-0.2, -0.15) is 0 Å². The number of aromatic amines is 1. The average Bonchev–Trinajstić information content (AvgIpc) is 3.33. The van der Waals surface area contributed by atoms with Gasteiger partial charge in [-0.3, -0.25) is 4.79 Å². The number of H-pyrrole nitrogens is 1. The molecule has 0 aliphatic carbocycles. The molecule has 1 fully saturated rings. The van der Waals surface area contributed by atoms with Crippen LogP contribution in [0.4, 0.5) is 5.82 Å². The normalized spacial score (nSPS) is 17.5. The van der Waals surface area contributed by atoms with Crippen LogP contribution in [0.5, 0.6) is 0 Å². The van der Waals surface area contributed by atoms with Crippen LogP contribution in [0.2, 0.25) is 0 Å². The minimum absolute atomic E-state index is 0.130. The topological polar surface area (TPSA) is 91.7 Å². The first kappa shape index (κ1) is 14.7. The molecule has 4 rings (SSSR count). The highest BCUT2D eigenvalue weighted by Gasteiger charge is 2.28. The minimum Gasteiger partial charge on any atom is -0.366 e. The number of anilines is 1. The minimum atomic E-state index is 0.130. The van der Waals surface area contributed by atoms with E-state index in [1.165, 1.54) is 0 Å². The molecule has 8 heteroatoms. The van der Waals surface area contributed by atoms with E-state index in [2.05, 4.69) is 25.3 Å². The fourth-order valence-electron chi connectivity index (χ4n) is 3.22. The number of rotatable bonds is 5. The average molecular weight is 325 g/mol. The summed E-state index contributed by atoms with van der Waals surface area (Å²) >= 11 is 0. The predicted octanol–water partition coefficient (Wildman–Crippen LogP) is 1.26. The maximum atomic E-state index is 12.5. The second-order valence-corrected chi connectivity index (χ2v) is 5.96. The van der Waals surface area contributed by atoms with E-state index in [9.17, 15) is 4.79 Å². The number of carbonyl (C=O) groups is 1. The van der Waals surface area contributed by atoms with Crippen molar-refractivity contribution in [2.24, 2.45) is 0 Å². The monoisotopic (exact) mass is 325 g/mol. The molecule has 0 bridgehead atoms. The summed E-state index contributed by atoms with van der Waals surface area (Å²) < 4.78 is 1.80. The number of nitrogens with one attached hydrogen (secondary N) is 2. The Hall–Kier alpha value is -2.90. The van der Waals surface area contributed by atoms with Gasteiger partial charge < -0.3 is 19.8 Å². The number of aromatic nitrogens is 5. The van der Waals surface area contributed by atoms with Gasteiger partial charge in [0.2, 0.25) is 5.91 Å². The number of fused-ring (bicyclic) bond motifs is 1. The summed E-state index contributed by atoms with van der Waals surface area (Å²) in [6, 6.07) is 2.10. The van der Waals surface area contributed by atoms with Crippen molar-refractivity contribution < 1.29 is 4.79 Å². The van der Waals surface area contributed by atoms with E-state index in [-0.39, 0.29) is 11.9 Å². The van der Waals surface area contributed by atoms with Crippen LogP contribution in [0.1, 0.15) is 12.8 Å². The lowest BCUT2D eigenvalue weighted by molar-refractivity contribution is -0.132. The number of carbonyl (C=O) groups excluding carboxylic acids is 1. The summed E-state index contributed by atoms with van der Waals surface area (Å²) in [6.07, 6.45) is 10.6. The highest BCUT2D eigenvalue weighted by Crippen LogP contribution is 2.21. The number of likely N-dealkylation sites (tertiary alicyclic amines) is 1. The van der Waals surface area contributed by atoms with Crippen molar-refractivity contribution in [3.05, 3.63) is 37.3 Å². The lowest BCUT2D eigenvalue weighted by Gasteiger charge is -2.25. The zero-order chi connectivity index (χ0) is 16.4. The Bertz CT molecular complexity index is 826. The van der Waals surface area contributed by atoms with Gasteiger partial charge in [0.05, 0.1) is 11.8 Å². The van der Waals surface area contributed by atoms with Gasteiger partial charge in [-0.05, 0) is 18.9 Å². The fourth-order valence-corrected chi connectivity index (χ4v) is 3.22. The number of hydrogen-bond acceptors (Lipinski definition) is 5. The first-order valence-corrected chi connectivity index (χ1v) is 8.08. The van der Waals surface area contributed by atoms with Crippen LogP contribution in [0, 0.1) is 0 Å². The van der Waals surface area contributed by atoms with Crippen molar-refractivity contribution in [1.29, 1.82) is 0 Å². The Morgan fingerprint density at radius 1 is 1.42 bits per heavy atom. The Morgan fingerprint density at radius 3 is 3.25 bits per heavy atom. The largest absolute Gasteiger partial charge is 0.366 e. The number of hydrogen-bond donors (Lipinski definition) is 2. The Morgan fingerprint density at radius 2 is 2.38 bits per heavy atom. The molecule has 0 spiro atoms. The molecule has 0 radical (unpaired) electrons. The molecule has 1 atom stereocenters. The van der Waals surface area contributed by atoms with Crippen molar-refractivity contribution >= 4 is 22.8 Å². The summed E-state index contributed by atoms with van der Waals surface area (Å²) in [5.74, 6) is 0.906. The third-order valence-corrected chi connectivity index (χ3v) is 4.43. The highest BCUT2D eigenvalue weighted by atomic mass is 16.2. The molecule has 0 saturated carbocycles. The third-order valence-electron chi connectivity index (χ3n) is 4.43. The molecule has 3 aromatic heterocycles. The van der Waals surface area contributed by atoms with Crippen LogP contribution in [-0.2, 0) is 11.3 Å². The molecular weight excluding hydrogens is 306 g/mol. The summed E-state index contributed by atoms with van der Waals surface area (Å²) in [5.41, 5.74) is 1.78. The standard InChI is InChI=1S/C16H19N7O/c24-14(9-22-7-5-17-11-22)23-6-1-2-12(23)8-19-16-15-13(3-4-18-15)20-10-21-16/h3-5,7,10-12,18H,1-2,6,8-9H2,(H,19,20,21).